The van der Waals surface area contributed by atoms with Gasteiger partial charge in [0.1, 0.15) is 0 Å². The molecule has 0 unspecified atom stereocenters. The molecular formula is C15H24ClNO2. The minimum absolute atomic E-state index is 0.564. The summed E-state index contributed by atoms with van der Waals surface area (Å²) in [6.45, 7) is 6.75. The Balaban J connectivity index is 1.90. The molecule has 1 rings (SSSR count). The molecule has 0 spiro atoms. The van der Waals surface area contributed by atoms with E-state index in [-0.39, 0.29) is 0 Å². The molecule has 0 radical (unpaired) electrons. The highest BCUT2D eigenvalue weighted by molar-refractivity contribution is 6.31. The van der Waals surface area contributed by atoms with E-state index in [0.29, 0.717) is 13.2 Å². The van der Waals surface area contributed by atoms with Crippen molar-refractivity contribution < 1.29 is 9.47 Å². The third-order valence-electron chi connectivity index (χ3n) is 2.70. The van der Waals surface area contributed by atoms with Crippen molar-refractivity contribution in [3.8, 4) is 0 Å². The normalized spacial score (nSPS) is 10.8. The van der Waals surface area contributed by atoms with Crippen molar-refractivity contribution in [1.29, 1.82) is 0 Å². The number of halogens is 1. The molecule has 1 aromatic rings. The number of rotatable bonds is 11. The van der Waals surface area contributed by atoms with Gasteiger partial charge in [-0.25, -0.2) is 0 Å². The predicted octanol–water partition coefficient (Wildman–Crippen LogP) is 3.26. The molecule has 108 valence electrons. The van der Waals surface area contributed by atoms with Crippen molar-refractivity contribution in [3.05, 3.63) is 34.9 Å². The van der Waals surface area contributed by atoms with Crippen LogP contribution in [0.5, 0.6) is 0 Å². The second-order valence-electron chi connectivity index (χ2n) is 4.36. The highest BCUT2D eigenvalue weighted by Crippen LogP contribution is 2.15. The molecule has 0 aliphatic carbocycles. The molecule has 0 saturated carbocycles. The number of ether oxygens (including phenoxy) is 2. The second kappa shape index (κ2) is 11.2. The minimum atomic E-state index is 0.564. The maximum Gasteiger partial charge on any atom is 0.0731 e. The maximum atomic E-state index is 6.04. The third-order valence-corrected chi connectivity index (χ3v) is 3.07. The van der Waals surface area contributed by atoms with Crippen LogP contribution in [0.25, 0.3) is 0 Å². The van der Waals surface area contributed by atoms with Gasteiger partial charge >= 0.3 is 0 Å². The van der Waals surface area contributed by atoms with Gasteiger partial charge in [0.15, 0.2) is 0 Å². The molecule has 1 aromatic carbocycles. The Labute approximate surface area is 121 Å². The first-order valence-electron chi connectivity index (χ1n) is 6.94. The Morgan fingerprint density at radius 1 is 1.05 bits per heavy atom. The van der Waals surface area contributed by atoms with E-state index >= 15 is 0 Å². The Morgan fingerprint density at radius 2 is 1.79 bits per heavy atom. The van der Waals surface area contributed by atoms with E-state index in [2.05, 4.69) is 12.2 Å². The van der Waals surface area contributed by atoms with Crippen LogP contribution in [0, 0.1) is 0 Å². The number of hydrogen-bond donors (Lipinski definition) is 1. The van der Waals surface area contributed by atoms with Crippen LogP contribution in [0.1, 0.15) is 25.3 Å². The van der Waals surface area contributed by atoms with Crippen LogP contribution < -0.4 is 5.32 Å². The zero-order valence-electron chi connectivity index (χ0n) is 11.7. The summed E-state index contributed by atoms with van der Waals surface area (Å²) in [5.41, 5.74) is 1.03. The van der Waals surface area contributed by atoms with Gasteiger partial charge in [0, 0.05) is 24.7 Å². The van der Waals surface area contributed by atoms with E-state index in [1.807, 2.05) is 24.3 Å². The monoisotopic (exact) mass is 285 g/mol. The van der Waals surface area contributed by atoms with Crippen molar-refractivity contribution in [2.75, 3.05) is 32.9 Å². The highest BCUT2D eigenvalue weighted by atomic mass is 35.5. The number of unbranched alkanes of at least 4 members (excludes halogenated alkanes) is 1. The van der Waals surface area contributed by atoms with Crippen LogP contribution in [-0.2, 0) is 16.1 Å². The Hall–Kier alpha value is -0.610. The first kappa shape index (κ1) is 16.4. The summed E-state index contributed by atoms with van der Waals surface area (Å²) in [7, 11) is 0. The molecule has 19 heavy (non-hydrogen) atoms. The van der Waals surface area contributed by atoms with Crippen LogP contribution in [0.3, 0.4) is 0 Å². The Kier molecular flexibility index (Phi) is 9.72. The van der Waals surface area contributed by atoms with E-state index in [9.17, 15) is 0 Å². The summed E-state index contributed by atoms with van der Waals surface area (Å²) < 4.78 is 11.0. The third kappa shape index (κ3) is 8.22. The van der Waals surface area contributed by atoms with Gasteiger partial charge in [-0.2, -0.15) is 0 Å². The summed E-state index contributed by atoms with van der Waals surface area (Å²) >= 11 is 6.04. The molecule has 0 bridgehead atoms. The van der Waals surface area contributed by atoms with Gasteiger partial charge in [-0.15, -0.1) is 0 Å². The molecule has 3 nitrogen and oxygen atoms in total. The predicted molar refractivity (Wildman–Crippen MR) is 79.7 cm³/mol. The summed E-state index contributed by atoms with van der Waals surface area (Å²) in [6, 6.07) is 7.76. The minimum Gasteiger partial charge on any atom is -0.380 e. The average molecular weight is 286 g/mol. The van der Waals surface area contributed by atoms with Crippen molar-refractivity contribution in [1.82, 2.24) is 5.32 Å². The fourth-order valence-electron chi connectivity index (χ4n) is 1.56. The van der Waals surface area contributed by atoms with Gasteiger partial charge in [0.25, 0.3) is 0 Å². The van der Waals surface area contributed by atoms with E-state index < -0.39 is 0 Å². The van der Waals surface area contributed by atoms with Gasteiger partial charge in [-0.1, -0.05) is 43.1 Å². The molecule has 0 saturated heterocycles. The van der Waals surface area contributed by atoms with Crippen molar-refractivity contribution in [2.24, 2.45) is 0 Å². The molecule has 0 aliphatic rings. The van der Waals surface area contributed by atoms with Crippen LogP contribution >= 0.6 is 11.6 Å². The smallest absolute Gasteiger partial charge is 0.0731 e. The first-order valence-corrected chi connectivity index (χ1v) is 7.32. The molecule has 0 atom stereocenters. The van der Waals surface area contributed by atoms with E-state index in [0.717, 1.165) is 43.3 Å². The quantitative estimate of drug-likeness (QED) is 0.633. The lowest BCUT2D eigenvalue weighted by Gasteiger charge is -2.07. The van der Waals surface area contributed by atoms with Crippen LogP contribution in [0.2, 0.25) is 5.02 Å². The van der Waals surface area contributed by atoms with Crippen molar-refractivity contribution in [3.63, 3.8) is 0 Å². The average Bonchev–Trinajstić information content (AvgIpc) is 2.43. The fraction of sp³-hybridized carbons (Fsp3) is 0.600. The van der Waals surface area contributed by atoms with Gasteiger partial charge < -0.3 is 14.8 Å². The lowest BCUT2D eigenvalue weighted by molar-refractivity contribution is 0.112. The fourth-order valence-corrected chi connectivity index (χ4v) is 1.75. The number of benzene rings is 1. The molecule has 0 heterocycles. The van der Waals surface area contributed by atoms with Crippen molar-refractivity contribution in [2.45, 2.75) is 26.4 Å². The maximum absolute atomic E-state index is 6.04. The summed E-state index contributed by atoms with van der Waals surface area (Å²) in [4.78, 5) is 0. The van der Waals surface area contributed by atoms with Gasteiger partial charge in [0.2, 0.25) is 0 Å². The van der Waals surface area contributed by atoms with Crippen LogP contribution in [0.15, 0.2) is 24.3 Å². The van der Waals surface area contributed by atoms with Gasteiger partial charge in [-0.05, 0) is 18.1 Å². The molecular weight excluding hydrogens is 262 g/mol. The van der Waals surface area contributed by atoms with Crippen molar-refractivity contribution >= 4 is 11.6 Å². The van der Waals surface area contributed by atoms with Gasteiger partial charge in [-0.3, -0.25) is 0 Å². The molecule has 0 aromatic heterocycles. The summed E-state index contributed by atoms with van der Waals surface area (Å²) in [6.07, 6.45) is 2.32. The Bertz CT molecular complexity index is 334. The Morgan fingerprint density at radius 3 is 2.53 bits per heavy atom. The molecule has 0 fully saturated rings. The van der Waals surface area contributed by atoms with Crippen LogP contribution in [0.4, 0.5) is 0 Å². The van der Waals surface area contributed by atoms with Crippen LogP contribution in [-0.4, -0.2) is 32.9 Å². The molecule has 1 N–H and O–H groups in total. The van der Waals surface area contributed by atoms with E-state index in [1.54, 1.807) is 0 Å². The van der Waals surface area contributed by atoms with E-state index in [1.165, 1.54) is 6.42 Å². The second-order valence-corrected chi connectivity index (χ2v) is 4.77. The number of nitrogens with one attached hydrogen (secondary N) is 1. The first-order chi connectivity index (χ1) is 9.34. The lowest BCUT2D eigenvalue weighted by atomic mass is 10.2. The zero-order chi connectivity index (χ0) is 13.8. The topological polar surface area (TPSA) is 30.5 Å². The molecule has 4 heteroatoms. The molecule has 0 amide bonds. The number of hydrogen-bond acceptors (Lipinski definition) is 3. The summed E-state index contributed by atoms with van der Waals surface area (Å²) in [5.74, 6) is 0. The highest BCUT2D eigenvalue weighted by Gasteiger charge is 1.98. The summed E-state index contributed by atoms with van der Waals surface area (Å²) in [5, 5.41) is 4.04. The standard InChI is InChI=1S/C15H24ClNO2/c1-2-3-10-18-11-8-17-9-12-19-13-14-6-4-5-7-15(14)16/h4-7,17H,2-3,8-13H2,1H3. The molecule has 0 aliphatic heterocycles. The van der Waals surface area contributed by atoms with Gasteiger partial charge in [0.05, 0.1) is 19.8 Å². The van der Waals surface area contributed by atoms with E-state index in [4.69, 9.17) is 21.1 Å². The SMILES string of the molecule is CCCCOCCNCCOCc1ccccc1Cl. The lowest BCUT2D eigenvalue weighted by Crippen LogP contribution is -2.24. The zero-order valence-corrected chi connectivity index (χ0v) is 12.4. The largest absolute Gasteiger partial charge is 0.380 e.